The zero-order valence-corrected chi connectivity index (χ0v) is 22.5. The molecule has 0 saturated heterocycles. The summed E-state index contributed by atoms with van der Waals surface area (Å²) in [6.45, 7) is 13.2. The number of halogens is 2. The first kappa shape index (κ1) is 31.2. The van der Waals surface area contributed by atoms with E-state index in [-0.39, 0.29) is 41.9 Å². The zero-order chi connectivity index (χ0) is 21.3. The third-order valence-electron chi connectivity index (χ3n) is 5.53. The van der Waals surface area contributed by atoms with E-state index in [9.17, 15) is 0 Å². The second-order valence-corrected chi connectivity index (χ2v) is 7.98. The fourth-order valence-electron chi connectivity index (χ4n) is 3.86. The Morgan fingerprint density at radius 3 is 1.52 bits per heavy atom. The van der Waals surface area contributed by atoms with Crippen molar-refractivity contribution in [1.29, 1.82) is 0 Å². The Hall–Kier alpha value is -1.75. The van der Waals surface area contributed by atoms with E-state index in [2.05, 4.69) is 96.7 Å². The van der Waals surface area contributed by atoms with Gasteiger partial charge in [-0.15, -0.1) is 0 Å². The van der Waals surface area contributed by atoms with Gasteiger partial charge in [-0.25, -0.2) is 0 Å². The number of hydrogen-bond donors (Lipinski definition) is 2. The summed E-state index contributed by atoms with van der Waals surface area (Å²) < 4.78 is 0. The average Bonchev–Trinajstić information content (AvgIpc) is 2.73. The first-order chi connectivity index (χ1) is 14.5. The van der Waals surface area contributed by atoms with Crippen LogP contribution in [0.5, 0.6) is 0 Å². The van der Waals surface area contributed by atoms with Crippen LogP contribution in [0.25, 0.3) is 0 Å². The molecule has 0 saturated carbocycles. The maximum absolute atomic E-state index is 4.53. The summed E-state index contributed by atoms with van der Waals surface area (Å²) in [4.78, 5) is 6.99. The Kier molecular flexibility index (Phi) is 15.1. The Balaban J connectivity index is 0.00000341. The molecule has 0 aliphatic heterocycles. The average molecular weight is 528 g/mol. The second-order valence-electron chi connectivity index (χ2n) is 7.98. The van der Waals surface area contributed by atoms with Gasteiger partial charge >= 0.3 is 17.1 Å². The van der Waals surface area contributed by atoms with Gasteiger partial charge in [-0.2, -0.15) is 0 Å². The van der Waals surface area contributed by atoms with Crippen LogP contribution in [0.1, 0.15) is 27.9 Å². The van der Waals surface area contributed by atoms with Gasteiger partial charge in [0, 0.05) is 50.3 Å². The third kappa shape index (κ3) is 9.56. The molecule has 0 bridgehead atoms. The third-order valence-corrected chi connectivity index (χ3v) is 5.53. The Morgan fingerprint density at radius 1 is 0.667 bits per heavy atom. The molecule has 1 radical (unpaired) electrons. The van der Waals surface area contributed by atoms with E-state index in [1.165, 1.54) is 33.6 Å². The molecule has 4 nitrogen and oxygen atoms in total. The standard InChI is InChI=1S/C26H34N4.2ClH.Mn/c1-20-9-7-10-21(2)25(20)28-15-17-30(19-24-13-5-6-14-27-24)18-16-29-26-22(3)11-8-12-23(26)4;;;/h5-14,28-29H,15-19H2,1-4H3;2*1H;/q;;;+2/p-2. The van der Waals surface area contributed by atoms with E-state index < -0.39 is 0 Å². The van der Waals surface area contributed by atoms with Gasteiger partial charge in [0.1, 0.15) is 0 Å². The number of anilines is 2. The molecule has 0 fully saturated rings. The van der Waals surface area contributed by atoms with Crippen molar-refractivity contribution in [2.24, 2.45) is 0 Å². The molecule has 2 aromatic carbocycles. The van der Waals surface area contributed by atoms with Crippen molar-refractivity contribution in [3.8, 4) is 0 Å². The number of pyridine rings is 1. The van der Waals surface area contributed by atoms with E-state index in [4.69, 9.17) is 0 Å². The van der Waals surface area contributed by atoms with Crippen LogP contribution in [0.2, 0.25) is 0 Å². The number of aryl methyl sites for hydroxylation is 4. The SMILES string of the molecule is Cc1cccc(C)c1NCCN(CCNc1c(C)cccc1C)Cc1ccccn1.[Cl-].[Cl-].[Mn+2]. The molecule has 179 valence electrons. The monoisotopic (exact) mass is 527 g/mol. The van der Waals surface area contributed by atoms with E-state index >= 15 is 0 Å². The molecule has 0 atom stereocenters. The van der Waals surface area contributed by atoms with Gasteiger partial charge < -0.3 is 35.4 Å². The molecule has 7 heteroatoms. The number of hydrogen-bond acceptors (Lipinski definition) is 4. The van der Waals surface area contributed by atoms with Crippen LogP contribution >= 0.6 is 0 Å². The molecular weight excluding hydrogens is 494 g/mol. The van der Waals surface area contributed by atoms with Crippen LogP contribution in [0, 0.1) is 27.7 Å². The largest absolute Gasteiger partial charge is 2.00 e. The molecule has 3 aromatic rings. The molecule has 1 aromatic heterocycles. The van der Waals surface area contributed by atoms with Gasteiger partial charge in [0.05, 0.1) is 5.69 Å². The zero-order valence-electron chi connectivity index (χ0n) is 19.8. The quantitative estimate of drug-likeness (QED) is 0.344. The summed E-state index contributed by atoms with van der Waals surface area (Å²) in [6.07, 6.45) is 1.87. The first-order valence-corrected chi connectivity index (χ1v) is 10.8. The minimum absolute atomic E-state index is 0. The maximum Gasteiger partial charge on any atom is 2.00 e. The molecule has 2 N–H and O–H groups in total. The number of aromatic nitrogens is 1. The van der Waals surface area contributed by atoms with Gasteiger partial charge in [0.15, 0.2) is 0 Å². The van der Waals surface area contributed by atoms with E-state index in [1.54, 1.807) is 0 Å². The molecule has 0 spiro atoms. The molecule has 0 amide bonds. The van der Waals surface area contributed by atoms with Crippen molar-refractivity contribution in [1.82, 2.24) is 9.88 Å². The van der Waals surface area contributed by atoms with Crippen LogP contribution in [0.4, 0.5) is 11.4 Å². The minimum Gasteiger partial charge on any atom is -1.00 e. The molecular formula is C26H34Cl2MnN4. The maximum atomic E-state index is 4.53. The van der Waals surface area contributed by atoms with Crippen molar-refractivity contribution in [3.63, 3.8) is 0 Å². The smallest absolute Gasteiger partial charge is 1.00 e. The summed E-state index contributed by atoms with van der Waals surface area (Å²) in [5, 5.41) is 7.28. The summed E-state index contributed by atoms with van der Waals surface area (Å²) >= 11 is 0. The van der Waals surface area contributed by atoms with Crippen molar-refractivity contribution in [3.05, 3.63) is 88.7 Å². The number of rotatable bonds is 10. The number of benzene rings is 2. The second kappa shape index (κ2) is 16.0. The normalized spacial score (nSPS) is 9.97. The van der Waals surface area contributed by atoms with Crippen molar-refractivity contribution >= 4 is 11.4 Å². The predicted molar refractivity (Wildman–Crippen MR) is 128 cm³/mol. The van der Waals surface area contributed by atoms with Gasteiger partial charge in [-0.3, -0.25) is 9.88 Å². The van der Waals surface area contributed by atoms with Crippen LogP contribution < -0.4 is 35.4 Å². The summed E-state index contributed by atoms with van der Waals surface area (Å²) in [5.41, 5.74) is 8.79. The number of nitrogens with zero attached hydrogens (tertiary/aromatic N) is 2. The van der Waals surface area contributed by atoms with E-state index in [1.807, 2.05) is 12.3 Å². The van der Waals surface area contributed by atoms with Crippen LogP contribution in [-0.4, -0.2) is 36.1 Å². The predicted octanol–water partition coefficient (Wildman–Crippen LogP) is -0.653. The van der Waals surface area contributed by atoms with Crippen LogP contribution in [0.15, 0.2) is 60.8 Å². The molecule has 0 unspecified atom stereocenters. The summed E-state index contributed by atoms with van der Waals surface area (Å²) in [5.74, 6) is 0. The van der Waals surface area contributed by atoms with Gasteiger partial charge in [-0.05, 0) is 62.1 Å². The molecule has 1 heterocycles. The Bertz CT molecular complexity index is 856. The fraction of sp³-hybridized carbons (Fsp3) is 0.346. The van der Waals surface area contributed by atoms with Crippen molar-refractivity contribution < 1.29 is 41.9 Å². The molecule has 3 rings (SSSR count). The van der Waals surface area contributed by atoms with Gasteiger partial charge in [-0.1, -0.05) is 42.5 Å². The van der Waals surface area contributed by atoms with Crippen LogP contribution in [0.3, 0.4) is 0 Å². The number of nitrogens with one attached hydrogen (secondary N) is 2. The van der Waals surface area contributed by atoms with E-state index in [0.717, 1.165) is 38.4 Å². The fourth-order valence-corrected chi connectivity index (χ4v) is 3.86. The van der Waals surface area contributed by atoms with Crippen LogP contribution in [-0.2, 0) is 23.6 Å². The van der Waals surface area contributed by atoms with Gasteiger partial charge in [0.2, 0.25) is 0 Å². The number of para-hydroxylation sites is 2. The minimum atomic E-state index is 0. The Labute approximate surface area is 222 Å². The van der Waals surface area contributed by atoms with Crippen molar-refractivity contribution in [2.45, 2.75) is 34.2 Å². The first-order valence-electron chi connectivity index (χ1n) is 10.8. The topological polar surface area (TPSA) is 40.2 Å². The van der Waals surface area contributed by atoms with Gasteiger partial charge in [0.25, 0.3) is 0 Å². The Morgan fingerprint density at radius 2 is 1.12 bits per heavy atom. The summed E-state index contributed by atoms with van der Waals surface area (Å²) in [7, 11) is 0. The molecule has 0 aliphatic rings. The van der Waals surface area contributed by atoms with Crippen molar-refractivity contribution in [2.75, 3.05) is 36.8 Å². The molecule has 33 heavy (non-hydrogen) atoms. The molecule has 0 aliphatic carbocycles. The van der Waals surface area contributed by atoms with E-state index in [0.29, 0.717) is 0 Å². The summed E-state index contributed by atoms with van der Waals surface area (Å²) in [6, 6.07) is 19.0.